The second-order valence-electron chi connectivity index (χ2n) is 16.9. The Morgan fingerprint density at radius 1 is 1.05 bits per heavy atom. The van der Waals surface area contributed by atoms with Crippen LogP contribution in [0, 0.1) is 17.8 Å². The van der Waals surface area contributed by atoms with Crippen molar-refractivity contribution in [2.75, 3.05) is 34.0 Å². The van der Waals surface area contributed by atoms with E-state index in [0.717, 1.165) is 13.8 Å². The predicted octanol–water partition coefficient (Wildman–Crippen LogP) is 5.34. The number of hydrogen-bond acceptors (Lipinski definition) is 11. The van der Waals surface area contributed by atoms with Gasteiger partial charge in [-0.1, -0.05) is 32.4 Å². The summed E-state index contributed by atoms with van der Waals surface area (Å²) in [6.07, 6.45) is 0.508. The van der Waals surface area contributed by atoms with E-state index >= 15 is 0 Å². The number of aromatic nitrogens is 1. The zero-order chi connectivity index (χ0) is 43.1. The molecule has 3 heterocycles. The smallest absolute Gasteiger partial charge is 0.427 e. The van der Waals surface area contributed by atoms with E-state index in [1.54, 1.807) is 29.2 Å². The SMILES string of the molecule is COc1ccc2c(OC3CC4C(=O)NC5(C(=O)NS(=O)(=O)C6(CF)CC6)CC5C=CC(C)CCCC(C)C(NC(=O)OC(C)(C)C(F)(F)F)CN4C3)ncc(OC)c2c1. The van der Waals surface area contributed by atoms with Crippen molar-refractivity contribution in [3.63, 3.8) is 0 Å². The zero-order valence-electron chi connectivity index (χ0n) is 34.0. The maximum absolute atomic E-state index is 14.5. The molecule has 4 aliphatic rings. The average Bonchev–Trinajstić information content (AvgIpc) is 4.08. The Hall–Kier alpha value is -4.39. The Morgan fingerprint density at radius 2 is 1.78 bits per heavy atom. The minimum absolute atomic E-state index is 0.00289. The van der Waals surface area contributed by atoms with Gasteiger partial charge in [-0.05, 0) is 76.0 Å². The number of nitrogens with one attached hydrogen (secondary N) is 3. The number of nitrogens with zero attached hydrogens (tertiary/aromatic N) is 2. The molecule has 2 saturated carbocycles. The van der Waals surface area contributed by atoms with Crippen molar-refractivity contribution in [2.24, 2.45) is 17.8 Å². The van der Waals surface area contributed by atoms with Gasteiger partial charge in [0.2, 0.25) is 27.4 Å². The molecule has 14 nitrogen and oxygen atoms in total. The Labute approximate surface area is 341 Å². The van der Waals surface area contributed by atoms with Crippen LogP contribution in [0.5, 0.6) is 17.4 Å². The number of alkyl carbamates (subject to hydrolysis) is 1. The lowest BCUT2D eigenvalue weighted by Gasteiger charge is -2.34. The highest BCUT2D eigenvalue weighted by atomic mass is 32.2. The highest BCUT2D eigenvalue weighted by Gasteiger charge is 2.64. The number of amides is 3. The van der Waals surface area contributed by atoms with E-state index in [-0.39, 0.29) is 56.5 Å². The summed E-state index contributed by atoms with van der Waals surface area (Å²) in [5.74, 6) is -1.23. The fraction of sp³-hybridized carbons (Fsp3) is 0.650. The summed E-state index contributed by atoms with van der Waals surface area (Å²) in [7, 11) is -1.39. The molecule has 3 fully saturated rings. The molecule has 326 valence electrons. The van der Waals surface area contributed by atoms with Crippen molar-refractivity contribution in [1.82, 2.24) is 25.2 Å². The Bertz CT molecular complexity index is 2060. The molecule has 0 bridgehead atoms. The number of carbonyl (C=O) groups excluding carboxylic acids is 3. The van der Waals surface area contributed by atoms with E-state index in [1.165, 1.54) is 20.4 Å². The highest BCUT2D eigenvalue weighted by molar-refractivity contribution is 7.91. The largest absolute Gasteiger partial charge is 0.497 e. The minimum atomic E-state index is -4.85. The number of methoxy groups -OCH3 is 2. The number of fused-ring (bicyclic) bond motifs is 3. The van der Waals surface area contributed by atoms with Gasteiger partial charge in [0.25, 0.3) is 5.91 Å². The van der Waals surface area contributed by atoms with E-state index in [2.05, 4.69) is 20.3 Å². The van der Waals surface area contributed by atoms with Crippen LogP contribution in [-0.2, 0) is 24.3 Å². The Kier molecular flexibility index (Phi) is 12.4. The number of ether oxygens (including phenoxy) is 4. The third-order valence-electron chi connectivity index (χ3n) is 12.2. The number of halogens is 4. The first-order chi connectivity index (χ1) is 27.7. The van der Waals surface area contributed by atoms with Gasteiger partial charge in [-0.15, -0.1) is 0 Å². The lowest BCUT2D eigenvalue weighted by Crippen LogP contribution is -2.58. The van der Waals surface area contributed by atoms with Crippen LogP contribution in [0.2, 0.25) is 0 Å². The maximum atomic E-state index is 14.5. The third-order valence-corrected chi connectivity index (χ3v) is 14.4. The molecule has 7 unspecified atom stereocenters. The summed E-state index contributed by atoms with van der Waals surface area (Å²) in [6, 6.07) is 3.40. The fourth-order valence-electron chi connectivity index (χ4n) is 7.83. The van der Waals surface area contributed by atoms with Gasteiger partial charge < -0.3 is 29.6 Å². The van der Waals surface area contributed by atoms with Gasteiger partial charge in [0.05, 0.1) is 26.5 Å². The van der Waals surface area contributed by atoms with Crippen molar-refractivity contribution < 1.29 is 59.3 Å². The van der Waals surface area contributed by atoms with Gasteiger partial charge >= 0.3 is 12.3 Å². The molecule has 3 N–H and O–H groups in total. The van der Waals surface area contributed by atoms with Crippen molar-refractivity contribution in [3.8, 4) is 17.4 Å². The summed E-state index contributed by atoms with van der Waals surface area (Å²) in [6.45, 7) is 4.23. The van der Waals surface area contributed by atoms with Crippen molar-refractivity contribution >= 4 is 38.7 Å². The summed E-state index contributed by atoms with van der Waals surface area (Å²) >= 11 is 0. The number of benzene rings is 1. The quantitative estimate of drug-likeness (QED) is 0.208. The number of alkyl halides is 4. The molecule has 0 spiro atoms. The monoisotopic (exact) mass is 855 g/mol. The van der Waals surface area contributed by atoms with Crippen LogP contribution >= 0.6 is 0 Å². The van der Waals surface area contributed by atoms with E-state index in [0.29, 0.717) is 41.5 Å². The van der Waals surface area contributed by atoms with Gasteiger partial charge in [0.1, 0.15) is 34.6 Å². The average molecular weight is 856 g/mol. The normalized spacial score (nSPS) is 28.8. The number of sulfonamides is 1. The van der Waals surface area contributed by atoms with Gasteiger partial charge in [-0.3, -0.25) is 19.2 Å². The van der Waals surface area contributed by atoms with E-state index < -0.39 is 80.8 Å². The van der Waals surface area contributed by atoms with Gasteiger partial charge in [-0.25, -0.2) is 22.6 Å². The van der Waals surface area contributed by atoms with Crippen molar-refractivity contribution in [2.45, 2.75) is 113 Å². The molecule has 2 aromatic rings. The van der Waals surface area contributed by atoms with Crippen LogP contribution in [0.3, 0.4) is 0 Å². The molecule has 1 aromatic carbocycles. The molecule has 2 aliphatic heterocycles. The summed E-state index contributed by atoms with van der Waals surface area (Å²) in [5.41, 5.74) is -4.45. The van der Waals surface area contributed by atoms with Crippen molar-refractivity contribution in [1.29, 1.82) is 0 Å². The Balaban J connectivity index is 1.33. The van der Waals surface area contributed by atoms with Gasteiger partial charge in [0.15, 0.2) is 0 Å². The molecular formula is C40H53F4N5O9S. The van der Waals surface area contributed by atoms with E-state index in [9.17, 15) is 40.4 Å². The topological polar surface area (TPSA) is 174 Å². The highest BCUT2D eigenvalue weighted by Crippen LogP contribution is 2.48. The van der Waals surface area contributed by atoms with Crippen LogP contribution in [-0.4, -0.2) is 110 Å². The summed E-state index contributed by atoms with van der Waals surface area (Å²) < 4.78 is 104. The lowest BCUT2D eigenvalue weighted by molar-refractivity contribution is -0.244. The van der Waals surface area contributed by atoms with Crippen LogP contribution in [0.4, 0.5) is 22.4 Å². The molecule has 1 aromatic heterocycles. The van der Waals surface area contributed by atoms with E-state index in [4.69, 9.17) is 18.9 Å². The summed E-state index contributed by atoms with van der Waals surface area (Å²) in [5, 5.41) is 6.73. The molecule has 1 saturated heterocycles. The standard InChI is InChI=1S/C40H53F4N5O9S/c1-23-8-7-9-24(2)30(46-36(52)58-37(3,4)40(42,43)44)21-49-20-27(57-34-28-13-12-26(55-5)16-29(28)32(56-6)19-45-34)17-31(49)33(50)47-39(18-25(39)11-10-23)35(51)48-59(53,54)38(22-41)14-15-38/h10-13,16,19,23-25,27,30-31H,7-9,14-15,17-18,20-22H2,1-6H3,(H,46,52)(H,47,50)(H,48,51). The summed E-state index contributed by atoms with van der Waals surface area (Å²) in [4.78, 5) is 47.8. The van der Waals surface area contributed by atoms with Gasteiger partial charge in [-0.2, -0.15) is 13.2 Å². The van der Waals surface area contributed by atoms with Crippen LogP contribution < -0.4 is 29.6 Å². The van der Waals surface area contributed by atoms with E-state index in [1.807, 2.05) is 19.9 Å². The number of pyridine rings is 1. The molecule has 7 atom stereocenters. The van der Waals surface area contributed by atoms with Crippen LogP contribution in [0.1, 0.15) is 72.6 Å². The lowest BCUT2D eigenvalue weighted by atomic mass is 9.92. The number of carbonyl (C=O) groups is 3. The second kappa shape index (κ2) is 16.6. The van der Waals surface area contributed by atoms with Crippen LogP contribution in [0.25, 0.3) is 10.8 Å². The molecule has 19 heteroatoms. The number of rotatable bonds is 10. The molecule has 3 amide bonds. The molecule has 6 rings (SSSR count). The molecule has 0 radical (unpaired) electrons. The van der Waals surface area contributed by atoms with Crippen molar-refractivity contribution in [3.05, 3.63) is 36.5 Å². The first-order valence-electron chi connectivity index (χ1n) is 19.8. The van der Waals surface area contributed by atoms with Gasteiger partial charge in [0, 0.05) is 42.2 Å². The third kappa shape index (κ3) is 9.20. The second-order valence-corrected chi connectivity index (χ2v) is 19.0. The minimum Gasteiger partial charge on any atom is -0.497 e. The number of allylic oxidation sites excluding steroid dienone is 1. The number of hydrogen-bond donors (Lipinski definition) is 3. The molecule has 59 heavy (non-hydrogen) atoms. The maximum Gasteiger partial charge on any atom is 0.427 e. The van der Waals surface area contributed by atoms with Crippen LogP contribution in [0.15, 0.2) is 36.5 Å². The fourth-order valence-corrected chi connectivity index (χ4v) is 9.25. The first-order valence-corrected chi connectivity index (χ1v) is 21.3. The molecular weight excluding hydrogens is 803 g/mol. The zero-order valence-corrected chi connectivity index (χ0v) is 34.8. The first kappa shape index (κ1) is 44.2. The Morgan fingerprint density at radius 3 is 2.42 bits per heavy atom. The predicted molar refractivity (Wildman–Crippen MR) is 208 cm³/mol. The molecule has 2 aliphatic carbocycles.